The number of hydrogen-bond donors (Lipinski definition) is 0. The summed E-state index contributed by atoms with van der Waals surface area (Å²) in [6.07, 6.45) is 8.61. The Balaban J connectivity index is 1.22. The molecule has 32 heavy (non-hydrogen) atoms. The van der Waals surface area contributed by atoms with Crippen molar-refractivity contribution in [1.82, 2.24) is 14.5 Å². The molecular weight excluding hydrogens is 402 g/mol. The van der Waals surface area contributed by atoms with E-state index in [0.717, 1.165) is 43.3 Å². The highest BCUT2D eigenvalue weighted by molar-refractivity contribution is 6.05. The summed E-state index contributed by atoms with van der Waals surface area (Å²) >= 11 is 0. The van der Waals surface area contributed by atoms with Crippen LogP contribution in [-0.2, 0) is 22.6 Å². The number of carbonyl (C=O) groups is 1. The van der Waals surface area contributed by atoms with Crippen LogP contribution in [0.15, 0.2) is 54.9 Å². The average molecular weight is 434 g/mol. The highest BCUT2D eigenvalue weighted by Gasteiger charge is 2.26. The Hall–Kier alpha value is -2.70. The van der Waals surface area contributed by atoms with Crippen molar-refractivity contribution in [1.29, 1.82) is 0 Å². The number of carbonyl (C=O) groups excluding carboxylic acids is 1. The lowest BCUT2D eigenvalue weighted by molar-refractivity contribution is 0.00567. The summed E-state index contributed by atoms with van der Waals surface area (Å²) in [5.74, 6) is 0.655. The number of pyridine rings is 1. The summed E-state index contributed by atoms with van der Waals surface area (Å²) in [5.41, 5.74) is 3.80. The number of aromatic nitrogens is 2. The van der Waals surface area contributed by atoms with Gasteiger partial charge in [0.15, 0.2) is 0 Å². The maximum absolute atomic E-state index is 13.2. The van der Waals surface area contributed by atoms with Crippen LogP contribution in [0.25, 0.3) is 11.0 Å². The average Bonchev–Trinajstić information content (AvgIpc) is 3.23. The molecule has 1 aliphatic heterocycles. The molecule has 1 saturated heterocycles. The van der Waals surface area contributed by atoms with E-state index in [-0.39, 0.29) is 5.91 Å². The monoisotopic (exact) mass is 433 g/mol. The number of fused-ring (bicyclic) bond motifs is 1. The van der Waals surface area contributed by atoms with Crippen molar-refractivity contribution in [2.75, 3.05) is 26.3 Å². The second-order valence-corrected chi connectivity index (χ2v) is 8.91. The van der Waals surface area contributed by atoms with Gasteiger partial charge in [-0.3, -0.25) is 9.78 Å². The van der Waals surface area contributed by atoms with Gasteiger partial charge in [0.1, 0.15) is 5.52 Å². The quantitative estimate of drug-likeness (QED) is 0.582. The molecule has 2 aliphatic rings. The molecule has 0 unspecified atom stereocenters. The molecule has 0 bridgehead atoms. The number of benzene rings is 1. The molecule has 0 atom stereocenters. The van der Waals surface area contributed by atoms with Gasteiger partial charge in [0, 0.05) is 32.0 Å². The van der Waals surface area contributed by atoms with Crippen LogP contribution in [0.3, 0.4) is 0 Å². The summed E-state index contributed by atoms with van der Waals surface area (Å²) < 4.78 is 13.8. The Bertz CT molecular complexity index is 1030. The Morgan fingerprint density at radius 1 is 1.03 bits per heavy atom. The molecule has 0 spiro atoms. The summed E-state index contributed by atoms with van der Waals surface area (Å²) in [5, 5.41) is 0. The molecular formula is C26H31N3O3. The summed E-state index contributed by atoms with van der Waals surface area (Å²) in [6, 6.07) is 14.4. The van der Waals surface area contributed by atoms with Gasteiger partial charge in [0.2, 0.25) is 0 Å². The van der Waals surface area contributed by atoms with E-state index in [2.05, 4.69) is 39.9 Å². The number of nitrogens with zero attached hydrogens (tertiary/aromatic N) is 3. The minimum atomic E-state index is 0.0637. The van der Waals surface area contributed by atoms with Gasteiger partial charge < -0.3 is 18.9 Å². The molecule has 1 aliphatic carbocycles. The SMILES string of the molecule is O=C(c1cn(CC2CCC(OCc3ccccc3)CC2)c2cccnc12)N1CCOCC1. The van der Waals surface area contributed by atoms with Gasteiger partial charge >= 0.3 is 0 Å². The molecule has 5 rings (SSSR count). The third kappa shape index (κ3) is 4.71. The van der Waals surface area contributed by atoms with Crippen molar-refractivity contribution >= 4 is 16.9 Å². The number of morpholine rings is 1. The third-order valence-electron chi connectivity index (χ3n) is 6.74. The van der Waals surface area contributed by atoms with E-state index in [1.807, 2.05) is 23.2 Å². The van der Waals surface area contributed by atoms with Gasteiger partial charge in [-0.15, -0.1) is 0 Å². The Morgan fingerprint density at radius 3 is 2.59 bits per heavy atom. The molecule has 2 fully saturated rings. The Labute approximate surface area is 189 Å². The first-order chi connectivity index (χ1) is 15.8. The van der Waals surface area contributed by atoms with Gasteiger partial charge in [0.25, 0.3) is 5.91 Å². The lowest BCUT2D eigenvalue weighted by Gasteiger charge is -2.29. The molecule has 1 aromatic carbocycles. The fraction of sp³-hybridized carbons (Fsp3) is 0.462. The van der Waals surface area contributed by atoms with Crippen LogP contribution >= 0.6 is 0 Å². The maximum Gasteiger partial charge on any atom is 0.257 e. The Kier molecular flexibility index (Phi) is 6.51. The molecule has 168 valence electrons. The third-order valence-corrected chi connectivity index (χ3v) is 6.74. The molecule has 3 heterocycles. The zero-order chi connectivity index (χ0) is 21.8. The number of hydrogen-bond acceptors (Lipinski definition) is 4. The fourth-order valence-corrected chi connectivity index (χ4v) is 4.91. The number of amides is 1. The highest BCUT2D eigenvalue weighted by atomic mass is 16.5. The van der Waals surface area contributed by atoms with E-state index in [9.17, 15) is 4.79 Å². The van der Waals surface area contributed by atoms with E-state index in [4.69, 9.17) is 9.47 Å². The van der Waals surface area contributed by atoms with E-state index < -0.39 is 0 Å². The van der Waals surface area contributed by atoms with Crippen molar-refractivity contribution in [2.24, 2.45) is 5.92 Å². The second-order valence-electron chi connectivity index (χ2n) is 8.91. The number of ether oxygens (including phenoxy) is 2. The van der Waals surface area contributed by atoms with Crippen LogP contribution in [0.5, 0.6) is 0 Å². The molecule has 0 radical (unpaired) electrons. The first-order valence-electron chi connectivity index (χ1n) is 11.7. The molecule has 2 aromatic heterocycles. The molecule has 0 N–H and O–H groups in total. The van der Waals surface area contributed by atoms with Gasteiger partial charge in [0.05, 0.1) is 37.0 Å². The molecule has 1 saturated carbocycles. The first-order valence-corrected chi connectivity index (χ1v) is 11.7. The van der Waals surface area contributed by atoms with E-state index in [1.54, 1.807) is 6.20 Å². The van der Waals surface area contributed by atoms with Crippen molar-refractivity contribution in [3.63, 3.8) is 0 Å². The van der Waals surface area contributed by atoms with Crippen LogP contribution < -0.4 is 0 Å². The fourth-order valence-electron chi connectivity index (χ4n) is 4.91. The zero-order valence-corrected chi connectivity index (χ0v) is 18.5. The molecule has 6 heteroatoms. The van der Waals surface area contributed by atoms with Gasteiger partial charge in [-0.1, -0.05) is 30.3 Å². The summed E-state index contributed by atoms with van der Waals surface area (Å²) in [7, 11) is 0. The van der Waals surface area contributed by atoms with Crippen molar-refractivity contribution in [2.45, 2.75) is 44.9 Å². The number of rotatable bonds is 6. The van der Waals surface area contributed by atoms with Crippen LogP contribution in [0, 0.1) is 5.92 Å². The van der Waals surface area contributed by atoms with E-state index >= 15 is 0 Å². The van der Waals surface area contributed by atoms with Crippen molar-refractivity contribution in [3.05, 3.63) is 66.0 Å². The lowest BCUT2D eigenvalue weighted by Crippen LogP contribution is -2.40. The van der Waals surface area contributed by atoms with Gasteiger partial charge in [-0.05, 0) is 49.3 Å². The molecule has 3 aromatic rings. The standard InChI is InChI=1S/C26H31N3O3/c30-26(28-13-15-31-16-14-28)23-18-29(24-7-4-12-27-25(23)24)17-20-8-10-22(11-9-20)32-19-21-5-2-1-3-6-21/h1-7,12,18,20,22H,8-11,13-17,19H2. The van der Waals surface area contributed by atoms with Crippen LogP contribution in [0.4, 0.5) is 0 Å². The topological polar surface area (TPSA) is 56.6 Å². The van der Waals surface area contributed by atoms with E-state index in [1.165, 1.54) is 5.56 Å². The van der Waals surface area contributed by atoms with Crippen LogP contribution in [-0.4, -0.2) is 52.8 Å². The first kappa shape index (κ1) is 21.2. The lowest BCUT2D eigenvalue weighted by atomic mass is 9.87. The second kappa shape index (κ2) is 9.84. The predicted molar refractivity (Wildman–Crippen MR) is 123 cm³/mol. The highest BCUT2D eigenvalue weighted by Crippen LogP contribution is 2.30. The predicted octanol–water partition coefficient (Wildman–Crippen LogP) is 4.28. The summed E-state index contributed by atoms with van der Waals surface area (Å²) in [6.45, 7) is 4.11. The summed E-state index contributed by atoms with van der Waals surface area (Å²) in [4.78, 5) is 19.6. The molecule has 1 amide bonds. The van der Waals surface area contributed by atoms with E-state index in [0.29, 0.717) is 50.5 Å². The van der Waals surface area contributed by atoms with Crippen LogP contribution in [0.2, 0.25) is 0 Å². The minimum absolute atomic E-state index is 0.0637. The van der Waals surface area contributed by atoms with Gasteiger partial charge in [-0.25, -0.2) is 0 Å². The van der Waals surface area contributed by atoms with Crippen molar-refractivity contribution < 1.29 is 14.3 Å². The van der Waals surface area contributed by atoms with Crippen LogP contribution in [0.1, 0.15) is 41.6 Å². The van der Waals surface area contributed by atoms with Gasteiger partial charge in [-0.2, -0.15) is 0 Å². The maximum atomic E-state index is 13.2. The molecule has 6 nitrogen and oxygen atoms in total. The smallest absolute Gasteiger partial charge is 0.257 e. The Morgan fingerprint density at radius 2 is 1.81 bits per heavy atom. The normalized spacial score (nSPS) is 21.7. The largest absolute Gasteiger partial charge is 0.378 e. The van der Waals surface area contributed by atoms with Crippen molar-refractivity contribution in [3.8, 4) is 0 Å². The minimum Gasteiger partial charge on any atom is -0.378 e. The zero-order valence-electron chi connectivity index (χ0n) is 18.5.